The molecule has 0 aliphatic rings. The molecule has 0 fully saturated rings. The van der Waals surface area contributed by atoms with Crippen molar-refractivity contribution in [1.29, 1.82) is 0 Å². The number of aromatic nitrogens is 2. The summed E-state index contributed by atoms with van der Waals surface area (Å²) in [5, 5.41) is 9.61. The molecule has 1 aromatic heterocycles. The smallest absolute Gasteiger partial charge is 0.229 e. The van der Waals surface area contributed by atoms with Gasteiger partial charge in [-0.2, -0.15) is 5.10 Å². The number of nitrogens with zero attached hydrogens (tertiary/aromatic N) is 1. The zero-order chi connectivity index (χ0) is 14.5. The average molecular weight is 338 g/mol. The van der Waals surface area contributed by atoms with Crippen molar-refractivity contribution in [3.05, 3.63) is 40.0 Å². The fourth-order valence-corrected chi connectivity index (χ4v) is 1.86. The molecule has 0 bridgehead atoms. The Bertz CT molecular complexity index is 593. The maximum absolute atomic E-state index is 11.8. The van der Waals surface area contributed by atoms with E-state index in [9.17, 15) is 4.79 Å². The lowest BCUT2D eigenvalue weighted by molar-refractivity contribution is -0.116. The van der Waals surface area contributed by atoms with E-state index in [2.05, 4.69) is 31.4 Å². The van der Waals surface area contributed by atoms with Crippen LogP contribution in [0.2, 0.25) is 0 Å². The second-order valence-electron chi connectivity index (χ2n) is 4.42. The molecule has 20 heavy (non-hydrogen) atoms. The van der Waals surface area contributed by atoms with E-state index in [0.717, 1.165) is 21.5 Å². The summed E-state index contributed by atoms with van der Waals surface area (Å²) < 4.78 is 6.49. The molecule has 5 nitrogen and oxygen atoms in total. The first-order valence-corrected chi connectivity index (χ1v) is 7.05. The molecule has 0 saturated heterocycles. The molecule has 0 radical (unpaired) electrons. The zero-order valence-corrected chi connectivity index (χ0v) is 13.0. The van der Waals surface area contributed by atoms with Gasteiger partial charge in [-0.15, -0.1) is 0 Å². The maximum atomic E-state index is 11.8. The van der Waals surface area contributed by atoms with Crippen LogP contribution >= 0.6 is 15.9 Å². The van der Waals surface area contributed by atoms with Crippen LogP contribution in [0.1, 0.15) is 17.7 Å². The van der Waals surface area contributed by atoms with E-state index in [0.29, 0.717) is 12.4 Å². The first-order valence-electron chi connectivity index (χ1n) is 6.26. The summed E-state index contributed by atoms with van der Waals surface area (Å²) in [6, 6.07) is 7.49. The molecule has 0 spiro atoms. The number of aromatic amines is 1. The van der Waals surface area contributed by atoms with E-state index in [-0.39, 0.29) is 12.3 Å². The summed E-state index contributed by atoms with van der Waals surface area (Å²) in [5.41, 5.74) is 1.90. The molecule has 2 aromatic rings. The van der Waals surface area contributed by atoms with Gasteiger partial charge in [0.15, 0.2) is 5.82 Å². The van der Waals surface area contributed by atoms with Crippen molar-refractivity contribution >= 4 is 27.7 Å². The Balaban J connectivity index is 1.78. The Morgan fingerprint density at radius 3 is 2.65 bits per heavy atom. The van der Waals surface area contributed by atoms with Gasteiger partial charge in [-0.1, -0.05) is 15.9 Å². The lowest BCUT2D eigenvalue weighted by Crippen LogP contribution is -2.16. The SMILES string of the molecule is Cc1[nH]nc(NC(=O)CCOc2ccc(Br)cc2)c1C. The van der Waals surface area contributed by atoms with Gasteiger partial charge in [0, 0.05) is 15.7 Å². The fourth-order valence-electron chi connectivity index (χ4n) is 1.59. The van der Waals surface area contributed by atoms with Gasteiger partial charge in [0.1, 0.15) is 5.75 Å². The molecule has 1 aromatic carbocycles. The Morgan fingerprint density at radius 1 is 1.35 bits per heavy atom. The lowest BCUT2D eigenvalue weighted by atomic mass is 10.3. The van der Waals surface area contributed by atoms with E-state index >= 15 is 0 Å². The molecular weight excluding hydrogens is 322 g/mol. The highest BCUT2D eigenvalue weighted by molar-refractivity contribution is 9.10. The first-order chi connectivity index (χ1) is 9.56. The number of amides is 1. The van der Waals surface area contributed by atoms with E-state index in [4.69, 9.17) is 4.74 Å². The normalized spacial score (nSPS) is 10.3. The minimum atomic E-state index is -0.114. The van der Waals surface area contributed by atoms with Crippen molar-refractivity contribution in [1.82, 2.24) is 10.2 Å². The van der Waals surface area contributed by atoms with Crippen molar-refractivity contribution in [2.24, 2.45) is 0 Å². The number of H-pyrrole nitrogens is 1. The molecule has 1 heterocycles. The van der Waals surface area contributed by atoms with Crippen LogP contribution < -0.4 is 10.1 Å². The number of ether oxygens (including phenoxy) is 1. The average Bonchev–Trinajstić information content (AvgIpc) is 2.73. The third kappa shape index (κ3) is 3.84. The van der Waals surface area contributed by atoms with E-state index < -0.39 is 0 Å². The Hall–Kier alpha value is -1.82. The van der Waals surface area contributed by atoms with Gasteiger partial charge in [-0.25, -0.2) is 0 Å². The minimum absolute atomic E-state index is 0.114. The molecular formula is C14H16BrN3O2. The molecule has 0 saturated carbocycles. The number of carbonyl (C=O) groups excluding carboxylic acids is 1. The largest absolute Gasteiger partial charge is 0.493 e. The van der Waals surface area contributed by atoms with Crippen LogP contribution in [0, 0.1) is 13.8 Å². The fraction of sp³-hybridized carbons (Fsp3) is 0.286. The Morgan fingerprint density at radius 2 is 2.05 bits per heavy atom. The van der Waals surface area contributed by atoms with Crippen LogP contribution in [0.4, 0.5) is 5.82 Å². The molecule has 1 amide bonds. The van der Waals surface area contributed by atoms with Crippen molar-refractivity contribution in [3.8, 4) is 5.75 Å². The number of hydrogen-bond donors (Lipinski definition) is 2. The number of nitrogens with one attached hydrogen (secondary N) is 2. The standard InChI is InChI=1S/C14H16BrN3O2/c1-9-10(2)17-18-14(9)16-13(19)7-8-20-12-5-3-11(15)4-6-12/h3-6H,7-8H2,1-2H3,(H2,16,17,18,19). The first kappa shape index (κ1) is 14.6. The Kier molecular flexibility index (Phi) is 4.79. The third-order valence-corrected chi connectivity index (χ3v) is 3.45. The van der Waals surface area contributed by atoms with Crippen LogP contribution in [-0.2, 0) is 4.79 Å². The van der Waals surface area contributed by atoms with Crippen LogP contribution in [0.15, 0.2) is 28.7 Å². The molecule has 0 unspecified atom stereocenters. The number of rotatable bonds is 5. The van der Waals surface area contributed by atoms with Crippen LogP contribution in [0.25, 0.3) is 0 Å². The van der Waals surface area contributed by atoms with Crippen LogP contribution in [-0.4, -0.2) is 22.7 Å². The topological polar surface area (TPSA) is 67.0 Å². The molecule has 106 valence electrons. The van der Waals surface area contributed by atoms with Gasteiger partial charge in [-0.05, 0) is 38.1 Å². The molecule has 2 N–H and O–H groups in total. The van der Waals surface area contributed by atoms with Crippen molar-refractivity contribution in [3.63, 3.8) is 0 Å². The van der Waals surface area contributed by atoms with Gasteiger partial charge in [0.2, 0.25) is 5.91 Å². The molecule has 2 rings (SSSR count). The van der Waals surface area contributed by atoms with Crippen molar-refractivity contribution in [2.75, 3.05) is 11.9 Å². The number of benzene rings is 1. The van der Waals surface area contributed by atoms with Crippen molar-refractivity contribution in [2.45, 2.75) is 20.3 Å². The van der Waals surface area contributed by atoms with Gasteiger partial charge in [0.25, 0.3) is 0 Å². The number of hydrogen-bond acceptors (Lipinski definition) is 3. The summed E-state index contributed by atoms with van der Waals surface area (Å²) in [4.78, 5) is 11.8. The second kappa shape index (κ2) is 6.56. The number of aryl methyl sites for hydroxylation is 1. The predicted octanol–water partition coefficient (Wildman–Crippen LogP) is 3.20. The van der Waals surface area contributed by atoms with Crippen LogP contribution in [0.3, 0.4) is 0 Å². The predicted molar refractivity (Wildman–Crippen MR) is 80.9 cm³/mol. The van der Waals surface area contributed by atoms with E-state index in [1.54, 1.807) is 0 Å². The van der Waals surface area contributed by atoms with E-state index in [1.807, 2.05) is 38.1 Å². The third-order valence-electron chi connectivity index (χ3n) is 2.92. The summed E-state index contributed by atoms with van der Waals surface area (Å²) in [6.45, 7) is 4.15. The monoisotopic (exact) mass is 337 g/mol. The highest BCUT2D eigenvalue weighted by Crippen LogP contribution is 2.16. The molecule has 0 atom stereocenters. The van der Waals surface area contributed by atoms with E-state index in [1.165, 1.54) is 0 Å². The van der Waals surface area contributed by atoms with Gasteiger partial charge < -0.3 is 10.1 Å². The maximum Gasteiger partial charge on any atom is 0.229 e. The Labute approximate surface area is 125 Å². The molecule has 6 heteroatoms. The van der Waals surface area contributed by atoms with Gasteiger partial charge >= 0.3 is 0 Å². The molecule has 0 aliphatic carbocycles. The number of anilines is 1. The summed E-state index contributed by atoms with van der Waals surface area (Å²) in [5.74, 6) is 1.21. The van der Waals surface area contributed by atoms with Gasteiger partial charge in [-0.3, -0.25) is 9.89 Å². The summed E-state index contributed by atoms with van der Waals surface area (Å²) in [7, 11) is 0. The minimum Gasteiger partial charge on any atom is -0.493 e. The highest BCUT2D eigenvalue weighted by Gasteiger charge is 2.09. The second-order valence-corrected chi connectivity index (χ2v) is 5.34. The van der Waals surface area contributed by atoms with Crippen molar-refractivity contribution < 1.29 is 9.53 Å². The summed E-state index contributed by atoms with van der Waals surface area (Å²) in [6.07, 6.45) is 0.279. The quantitative estimate of drug-likeness (QED) is 0.880. The molecule has 0 aliphatic heterocycles. The lowest BCUT2D eigenvalue weighted by Gasteiger charge is -2.06. The number of carbonyl (C=O) groups is 1. The highest BCUT2D eigenvalue weighted by atomic mass is 79.9. The van der Waals surface area contributed by atoms with Crippen LogP contribution in [0.5, 0.6) is 5.75 Å². The zero-order valence-electron chi connectivity index (χ0n) is 11.4. The van der Waals surface area contributed by atoms with Gasteiger partial charge in [0.05, 0.1) is 13.0 Å². The summed E-state index contributed by atoms with van der Waals surface area (Å²) >= 11 is 3.35. The number of halogens is 1.